The Hall–Kier alpha value is -0.880. The molecule has 2 aromatic carbocycles. The Morgan fingerprint density at radius 3 is 2.43 bits per heavy atom. The van der Waals surface area contributed by atoms with E-state index in [0.29, 0.717) is 11.4 Å². The lowest BCUT2D eigenvalue weighted by Gasteiger charge is -2.07. The molecular formula is C15H14BrClO3S. The fourth-order valence-corrected chi connectivity index (χ4v) is 2.88. The summed E-state index contributed by atoms with van der Waals surface area (Å²) in [6.45, 7) is 0.149. The maximum absolute atomic E-state index is 10.9. The quantitative estimate of drug-likeness (QED) is 0.717. The molecule has 0 amide bonds. The van der Waals surface area contributed by atoms with E-state index in [4.69, 9.17) is 15.8 Å². The van der Waals surface area contributed by atoms with Crippen LogP contribution >= 0.6 is 27.5 Å². The van der Waals surface area contributed by atoms with Crippen LogP contribution in [-0.2, 0) is 20.7 Å². The summed E-state index contributed by atoms with van der Waals surface area (Å²) >= 11 is 9.67. The standard InChI is InChI=1S/C15H14BrClO3S/c1-21(18,19)20-10-9-11-5-7-12(8-6-11)13-3-2-4-14(16)15(13)17/h2-8H,9-10H2,1H3. The zero-order valence-corrected chi connectivity index (χ0v) is 14.5. The van der Waals surface area contributed by atoms with Crippen LogP contribution in [0.25, 0.3) is 11.1 Å². The summed E-state index contributed by atoms with van der Waals surface area (Å²) in [5.41, 5.74) is 2.97. The molecule has 2 aromatic rings. The van der Waals surface area contributed by atoms with Gasteiger partial charge in [0.2, 0.25) is 0 Å². The predicted octanol–water partition coefficient (Wildman–Crippen LogP) is 4.29. The van der Waals surface area contributed by atoms with Crippen LogP contribution in [0.5, 0.6) is 0 Å². The molecule has 2 rings (SSSR count). The van der Waals surface area contributed by atoms with Gasteiger partial charge in [-0.2, -0.15) is 8.42 Å². The Kier molecular flexibility index (Phi) is 5.43. The molecule has 0 unspecified atom stereocenters. The van der Waals surface area contributed by atoms with Gasteiger partial charge in [-0.3, -0.25) is 4.18 Å². The third-order valence-corrected chi connectivity index (χ3v) is 4.80. The van der Waals surface area contributed by atoms with Crippen LogP contribution in [-0.4, -0.2) is 21.3 Å². The lowest BCUT2D eigenvalue weighted by molar-refractivity contribution is 0.326. The van der Waals surface area contributed by atoms with Gasteiger partial charge >= 0.3 is 0 Å². The molecule has 0 aliphatic heterocycles. The van der Waals surface area contributed by atoms with Crippen LogP contribution in [0.2, 0.25) is 5.02 Å². The lowest BCUT2D eigenvalue weighted by atomic mass is 10.0. The van der Waals surface area contributed by atoms with Crippen LogP contribution in [0.3, 0.4) is 0 Å². The van der Waals surface area contributed by atoms with E-state index in [-0.39, 0.29) is 6.61 Å². The molecule has 0 N–H and O–H groups in total. The smallest absolute Gasteiger partial charge is 0.264 e. The van der Waals surface area contributed by atoms with E-state index in [1.165, 1.54) is 0 Å². The molecule has 112 valence electrons. The average Bonchev–Trinajstić information content (AvgIpc) is 2.41. The molecule has 0 heterocycles. The van der Waals surface area contributed by atoms with Crippen molar-refractivity contribution in [2.75, 3.05) is 12.9 Å². The fourth-order valence-electron chi connectivity index (χ4n) is 1.89. The minimum Gasteiger partial charge on any atom is -0.270 e. The fraction of sp³-hybridized carbons (Fsp3) is 0.200. The van der Waals surface area contributed by atoms with E-state index >= 15 is 0 Å². The molecular weight excluding hydrogens is 376 g/mol. The summed E-state index contributed by atoms with van der Waals surface area (Å²) in [7, 11) is -3.38. The van der Waals surface area contributed by atoms with E-state index in [2.05, 4.69) is 15.9 Å². The van der Waals surface area contributed by atoms with Gasteiger partial charge in [0.15, 0.2) is 0 Å². The molecule has 3 nitrogen and oxygen atoms in total. The van der Waals surface area contributed by atoms with E-state index in [1.54, 1.807) is 0 Å². The maximum atomic E-state index is 10.9. The summed E-state index contributed by atoms with van der Waals surface area (Å²) < 4.78 is 27.4. The highest BCUT2D eigenvalue weighted by molar-refractivity contribution is 9.10. The van der Waals surface area contributed by atoms with E-state index in [9.17, 15) is 8.42 Å². The van der Waals surface area contributed by atoms with Gasteiger partial charge < -0.3 is 0 Å². The molecule has 0 spiro atoms. The summed E-state index contributed by atoms with van der Waals surface area (Å²) in [4.78, 5) is 0. The number of hydrogen-bond donors (Lipinski definition) is 0. The van der Waals surface area contributed by atoms with Gasteiger partial charge in [-0.25, -0.2) is 0 Å². The third kappa shape index (κ3) is 4.81. The van der Waals surface area contributed by atoms with Gasteiger partial charge in [0.1, 0.15) is 0 Å². The van der Waals surface area contributed by atoms with Gasteiger partial charge in [0, 0.05) is 10.0 Å². The number of rotatable bonds is 5. The van der Waals surface area contributed by atoms with Gasteiger partial charge in [-0.15, -0.1) is 0 Å². The Morgan fingerprint density at radius 1 is 1.14 bits per heavy atom. The molecule has 21 heavy (non-hydrogen) atoms. The van der Waals surface area contributed by atoms with Crippen molar-refractivity contribution in [1.82, 2.24) is 0 Å². The van der Waals surface area contributed by atoms with Crippen molar-refractivity contribution in [2.45, 2.75) is 6.42 Å². The molecule has 0 bridgehead atoms. The molecule has 0 radical (unpaired) electrons. The van der Waals surface area contributed by atoms with Crippen molar-refractivity contribution in [3.05, 3.63) is 57.5 Å². The first-order chi connectivity index (χ1) is 9.87. The molecule has 6 heteroatoms. The second-order valence-corrected chi connectivity index (χ2v) is 7.45. The summed E-state index contributed by atoms with van der Waals surface area (Å²) in [5, 5.41) is 0.672. The Labute approximate surface area is 138 Å². The normalized spacial score (nSPS) is 11.6. The summed E-state index contributed by atoms with van der Waals surface area (Å²) in [5.74, 6) is 0. The van der Waals surface area contributed by atoms with E-state index in [0.717, 1.165) is 27.4 Å². The largest absolute Gasteiger partial charge is 0.270 e. The maximum Gasteiger partial charge on any atom is 0.264 e. The summed E-state index contributed by atoms with van der Waals surface area (Å²) in [6.07, 6.45) is 1.59. The third-order valence-electron chi connectivity index (χ3n) is 2.90. The van der Waals surface area contributed by atoms with Crippen molar-refractivity contribution in [3.8, 4) is 11.1 Å². The van der Waals surface area contributed by atoms with Crippen molar-refractivity contribution >= 4 is 37.6 Å². The Balaban J connectivity index is 2.10. The van der Waals surface area contributed by atoms with Crippen molar-refractivity contribution in [3.63, 3.8) is 0 Å². The van der Waals surface area contributed by atoms with Gasteiger partial charge in [0.25, 0.3) is 10.1 Å². The second kappa shape index (κ2) is 6.92. The van der Waals surface area contributed by atoms with Gasteiger partial charge in [-0.05, 0) is 39.5 Å². The first kappa shape index (κ1) is 16.5. The SMILES string of the molecule is CS(=O)(=O)OCCc1ccc(-c2cccc(Br)c2Cl)cc1. The van der Waals surface area contributed by atoms with Crippen molar-refractivity contribution in [2.24, 2.45) is 0 Å². The molecule has 0 saturated heterocycles. The van der Waals surface area contributed by atoms with Crippen LogP contribution in [0.1, 0.15) is 5.56 Å². The van der Waals surface area contributed by atoms with Crippen LogP contribution < -0.4 is 0 Å². The average molecular weight is 390 g/mol. The topological polar surface area (TPSA) is 43.4 Å². The number of halogens is 2. The molecule has 0 aliphatic rings. The van der Waals surface area contributed by atoms with Gasteiger partial charge in [0.05, 0.1) is 17.9 Å². The predicted molar refractivity (Wildman–Crippen MR) is 89.1 cm³/mol. The highest BCUT2D eigenvalue weighted by Gasteiger charge is 2.07. The monoisotopic (exact) mass is 388 g/mol. The highest BCUT2D eigenvalue weighted by atomic mass is 79.9. The van der Waals surface area contributed by atoms with Crippen LogP contribution in [0.15, 0.2) is 46.9 Å². The summed E-state index contributed by atoms with van der Waals surface area (Å²) in [6, 6.07) is 13.6. The first-order valence-corrected chi connectivity index (χ1v) is 9.23. The number of hydrogen-bond acceptors (Lipinski definition) is 3. The molecule has 0 saturated carbocycles. The Bertz CT molecular complexity index is 727. The zero-order chi connectivity index (χ0) is 15.5. The first-order valence-electron chi connectivity index (χ1n) is 6.24. The van der Waals surface area contributed by atoms with E-state index in [1.807, 2.05) is 42.5 Å². The molecule has 0 atom stereocenters. The molecule has 0 aliphatic carbocycles. The number of benzene rings is 2. The van der Waals surface area contributed by atoms with Crippen LogP contribution in [0.4, 0.5) is 0 Å². The van der Waals surface area contributed by atoms with E-state index < -0.39 is 10.1 Å². The highest BCUT2D eigenvalue weighted by Crippen LogP contribution is 2.33. The van der Waals surface area contributed by atoms with Crippen molar-refractivity contribution < 1.29 is 12.6 Å². The van der Waals surface area contributed by atoms with Crippen molar-refractivity contribution in [1.29, 1.82) is 0 Å². The lowest BCUT2D eigenvalue weighted by Crippen LogP contribution is -2.06. The zero-order valence-electron chi connectivity index (χ0n) is 11.3. The second-order valence-electron chi connectivity index (χ2n) is 4.57. The Morgan fingerprint density at radius 2 is 1.81 bits per heavy atom. The van der Waals surface area contributed by atoms with Gasteiger partial charge in [-0.1, -0.05) is 48.0 Å². The molecule has 0 fully saturated rings. The van der Waals surface area contributed by atoms with Crippen LogP contribution in [0, 0.1) is 0 Å². The molecule has 0 aromatic heterocycles. The minimum atomic E-state index is -3.38. The minimum absolute atomic E-state index is 0.149.